The number of amides is 3. The molecule has 202 valence electrons. The maximum absolute atomic E-state index is 13.2. The van der Waals surface area contributed by atoms with Gasteiger partial charge in [-0.1, -0.05) is 60.2 Å². The SMILES string of the molecule is COc1ccccc1NC(=O)CSc1ccc(NC(=O)/C(=C/c2cccc(C)c2)NC(=O)c2ccccc2)cc1. The molecule has 3 N–H and O–H groups in total. The highest BCUT2D eigenvalue weighted by Crippen LogP contribution is 2.25. The summed E-state index contributed by atoms with van der Waals surface area (Å²) in [6, 6.07) is 30.7. The average Bonchev–Trinajstić information content (AvgIpc) is 2.97. The second-order valence-electron chi connectivity index (χ2n) is 8.81. The van der Waals surface area contributed by atoms with Crippen LogP contribution in [0.3, 0.4) is 0 Å². The van der Waals surface area contributed by atoms with Crippen molar-refractivity contribution in [1.82, 2.24) is 5.32 Å². The number of hydrogen-bond donors (Lipinski definition) is 3. The third-order valence-electron chi connectivity index (χ3n) is 5.75. The van der Waals surface area contributed by atoms with Gasteiger partial charge in [0.05, 0.1) is 18.6 Å². The Balaban J connectivity index is 1.40. The van der Waals surface area contributed by atoms with Gasteiger partial charge in [-0.15, -0.1) is 11.8 Å². The highest BCUT2D eigenvalue weighted by molar-refractivity contribution is 8.00. The van der Waals surface area contributed by atoms with Gasteiger partial charge in [-0.3, -0.25) is 14.4 Å². The molecule has 7 nitrogen and oxygen atoms in total. The zero-order valence-electron chi connectivity index (χ0n) is 22.1. The van der Waals surface area contributed by atoms with Gasteiger partial charge in [-0.25, -0.2) is 0 Å². The van der Waals surface area contributed by atoms with Crippen LogP contribution in [0.25, 0.3) is 6.08 Å². The summed E-state index contributed by atoms with van der Waals surface area (Å²) in [7, 11) is 1.55. The molecule has 0 saturated carbocycles. The molecule has 0 saturated heterocycles. The van der Waals surface area contributed by atoms with Crippen LogP contribution in [0.1, 0.15) is 21.5 Å². The Labute approximate surface area is 237 Å². The summed E-state index contributed by atoms with van der Waals surface area (Å²) >= 11 is 1.37. The smallest absolute Gasteiger partial charge is 0.272 e. The van der Waals surface area contributed by atoms with E-state index in [-0.39, 0.29) is 23.3 Å². The van der Waals surface area contributed by atoms with Crippen molar-refractivity contribution in [2.24, 2.45) is 0 Å². The topological polar surface area (TPSA) is 96.5 Å². The molecule has 0 aliphatic rings. The summed E-state index contributed by atoms with van der Waals surface area (Å²) in [5, 5.41) is 8.44. The van der Waals surface area contributed by atoms with Crippen molar-refractivity contribution >= 4 is 46.9 Å². The molecule has 40 heavy (non-hydrogen) atoms. The zero-order chi connectivity index (χ0) is 28.3. The number of aryl methyl sites for hydroxylation is 1. The van der Waals surface area contributed by atoms with Gasteiger partial charge in [0.1, 0.15) is 11.4 Å². The number of carbonyl (C=O) groups is 3. The van der Waals surface area contributed by atoms with Gasteiger partial charge in [0.25, 0.3) is 11.8 Å². The Hall–Kier alpha value is -4.82. The number of carbonyl (C=O) groups excluding carboxylic acids is 3. The molecule has 0 aliphatic carbocycles. The summed E-state index contributed by atoms with van der Waals surface area (Å²) in [6.07, 6.45) is 1.65. The molecule has 0 aliphatic heterocycles. The van der Waals surface area contributed by atoms with Crippen LogP contribution in [0.4, 0.5) is 11.4 Å². The fourth-order valence-electron chi connectivity index (χ4n) is 3.78. The Bertz CT molecular complexity index is 1520. The van der Waals surface area contributed by atoms with Crippen molar-refractivity contribution in [3.63, 3.8) is 0 Å². The van der Waals surface area contributed by atoms with Crippen LogP contribution in [-0.2, 0) is 9.59 Å². The molecule has 0 aromatic heterocycles. The molecule has 4 aromatic carbocycles. The molecule has 0 spiro atoms. The third kappa shape index (κ3) is 8.09. The lowest BCUT2D eigenvalue weighted by Crippen LogP contribution is -2.30. The average molecular weight is 552 g/mol. The summed E-state index contributed by atoms with van der Waals surface area (Å²) in [6.45, 7) is 1.96. The largest absolute Gasteiger partial charge is 0.495 e. The molecule has 0 fully saturated rings. The quantitative estimate of drug-likeness (QED) is 0.162. The van der Waals surface area contributed by atoms with E-state index in [1.165, 1.54) is 11.8 Å². The first-order valence-corrected chi connectivity index (χ1v) is 13.5. The van der Waals surface area contributed by atoms with Crippen LogP contribution in [0.5, 0.6) is 5.75 Å². The Kier molecular flexibility index (Phi) is 9.74. The summed E-state index contributed by atoms with van der Waals surface area (Å²) in [5.74, 6) is -0.197. The van der Waals surface area contributed by atoms with Gasteiger partial charge in [-0.05, 0) is 67.1 Å². The lowest BCUT2D eigenvalue weighted by Gasteiger charge is -2.12. The van der Waals surface area contributed by atoms with E-state index < -0.39 is 5.91 Å². The molecular weight excluding hydrogens is 522 g/mol. The first-order valence-electron chi connectivity index (χ1n) is 12.5. The van der Waals surface area contributed by atoms with E-state index in [1.54, 1.807) is 61.7 Å². The van der Waals surface area contributed by atoms with E-state index >= 15 is 0 Å². The standard InChI is InChI=1S/C32H29N3O4S/c1-22-9-8-10-23(19-22)20-28(35-31(37)24-11-4-3-5-12-24)32(38)33-25-15-17-26(18-16-25)40-21-30(36)34-27-13-6-7-14-29(27)39-2/h3-20H,21H2,1-2H3,(H,33,38)(H,34,36)(H,35,37)/b28-20-. The van der Waals surface area contributed by atoms with E-state index in [2.05, 4.69) is 16.0 Å². The number of rotatable bonds is 10. The van der Waals surface area contributed by atoms with Crippen molar-refractivity contribution in [3.8, 4) is 5.75 Å². The number of thioether (sulfide) groups is 1. The normalized spacial score (nSPS) is 10.9. The van der Waals surface area contributed by atoms with E-state index in [0.717, 1.165) is 16.0 Å². The molecule has 0 bridgehead atoms. The predicted molar refractivity (Wildman–Crippen MR) is 160 cm³/mol. The third-order valence-corrected chi connectivity index (χ3v) is 6.76. The molecule has 0 radical (unpaired) electrons. The van der Waals surface area contributed by atoms with E-state index in [1.807, 2.05) is 61.5 Å². The number of anilines is 2. The fourth-order valence-corrected chi connectivity index (χ4v) is 4.48. The second kappa shape index (κ2) is 13.8. The van der Waals surface area contributed by atoms with Crippen LogP contribution in [0.2, 0.25) is 0 Å². The molecular formula is C32H29N3O4S. The highest BCUT2D eigenvalue weighted by atomic mass is 32.2. The van der Waals surface area contributed by atoms with Gasteiger partial charge in [-0.2, -0.15) is 0 Å². The number of hydrogen-bond acceptors (Lipinski definition) is 5. The Morgan fingerprint density at radius 2 is 1.55 bits per heavy atom. The number of ether oxygens (including phenoxy) is 1. The van der Waals surface area contributed by atoms with Crippen molar-refractivity contribution in [3.05, 3.63) is 126 Å². The van der Waals surface area contributed by atoms with E-state index in [9.17, 15) is 14.4 Å². The van der Waals surface area contributed by atoms with Gasteiger partial charge in [0, 0.05) is 16.1 Å². The predicted octanol–water partition coefficient (Wildman–Crippen LogP) is 6.14. The maximum atomic E-state index is 13.2. The Morgan fingerprint density at radius 3 is 2.27 bits per heavy atom. The van der Waals surface area contributed by atoms with Crippen LogP contribution in [0, 0.1) is 6.92 Å². The monoisotopic (exact) mass is 551 g/mol. The molecule has 3 amide bonds. The molecule has 0 heterocycles. The lowest BCUT2D eigenvalue weighted by molar-refractivity contribution is -0.114. The van der Waals surface area contributed by atoms with Gasteiger partial charge in [0.2, 0.25) is 5.91 Å². The van der Waals surface area contributed by atoms with Gasteiger partial charge < -0.3 is 20.7 Å². The van der Waals surface area contributed by atoms with Crippen LogP contribution in [-0.4, -0.2) is 30.6 Å². The molecule has 8 heteroatoms. The Morgan fingerprint density at radius 1 is 0.825 bits per heavy atom. The number of benzene rings is 4. The minimum Gasteiger partial charge on any atom is -0.495 e. The van der Waals surface area contributed by atoms with Crippen LogP contribution >= 0.6 is 11.8 Å². The van der Waals surface area contributed by atoms with Crippen LogP contribution < -0.4 is 20.7 Å². The van der Waals surface area contributed by atoms with Crippen molar-refractivity contribution in [2.75, 3.05) is 23.5 Å². The zero-order valence-corrected chi connectivity index (χ0v) is 23.0. The summed E-state index contributed by atoms with van der Waals surface area (Å²) < 4.78 is 5.27. The van der Waals surface area contributed by atoms with Crippen molar-refractivity contribution in [1.29, 1.82) is 0 Å². The minimum atomic E-state index is -0.456. The highest BCUT2D eigenvalue weighted by Gasteiger charge is 2.15. The number of methoxy groups -OCH3 is 1. The van der Waals surface area contributed by atoms with Gasteiger partial charge in [0.15, 0.2) is 0 Å². The first-order chi connectivity index (χ1) is 19.4. The molecule has 0 unspecified atom stereocenters. The van der Waals surface area contributed by atoms with Crippen molar-refractivity contribution < 1.29 is 19.1 Å². The molecule has 0 atom stereocenters. The van der Waals surface area contributed by atoms with Gasteiger partial charge >= 0.3 is 0 Å². The summed E-state index contributed by atoms with van der Waals surface area (Å²) in [4.78, 5) is 39.3. The minimum absolute atomic E-state index is 0.117. The lowest BCUT2D eigenvalue weighted by atomic mass is 10.1. The first kappa shape index (κ1) is 28.2. The molecule has 4 rings (SSSR count). The number of para-hydroxylation sites is 2. The maximum Gasteiger partial charge on any atom is 0.272 e. The van der Waals surface area contributed by atoms with Crippen LogP contribution in [0.15, 0.2) is 114 Å². The van der Waals surface area contributed by atoms with E-state index in [0.29, 0.717) is 22.7 Å². The molecule has 4 aromatic rings. The van der Waals surface area contributed by atoms with Crippen molar-refractivity contribution in [2.45, 2.75) is 11.8 Å². The second-order valence-corrected chi connectivity index (χ2v) is 9.86. The number of nitrogens with one attached hydrogen (secondary N) is 3. The fraction of sp³-hybridized carbons (Fsp3) is 0.0938. The van der Waals surface area contributed by atoms with E-state index in [4.69, 9.17) is 4.74 Å². The summed E-state index contributed by atoms with van der Waals surface area (Å²) in [5.41, 5.74) is 3.55.